The number of aromatic nitrogens is 3. The van der Waals surface area contributed by atoms with Crippen LogP contribution in [0.5, 0.6) is 5.75 Å². The lowest BCUT2D eigenvalue weighted by atomic mass is 9.84. The molecule has 0 fully saturated rings. The number of pyridine rings is 2. The SMILES string of the molecule is CC1(C)COc2c1cc([C@@](O)(CNC(=O)c1ccc3ccnn3c1)C(F)(F)F)nc2-c1ccc(F)cc1. The summed E-state index contributed by atoms with van der Waals surface area (Å²) in [6, 6.07) is 11.0. The molecule has 11 heteroatoms. The molecule has 5 rings (SSSR count). The average molecular weight is 514 g/mol. The number of hydrogen-bond donors (Lipinski definition) is 2. The predicted octanol–water partition coefficient (Wildman–Crippen LogP) is 4.39. The molecule has 0 spiro atoms. The summed E-state index contributed by atoms with van der Waals surface area (Å²) in [5.41, 5.74) is -3.39. The number of benzene rings is 1. The summed E-state index contributed by atoms with van der Waals surface area (Å²) in [5, 5.41) is 17.2. The third-order valence-corrected chi connectivity index (χ3v) is 6.45. The molecule has 192 valence electrons. The fraction of sp³-hybridized carbons (Fsp3) is 0.269. The molecule has 1 aromatic carbocycles. The molecule has 1 aliphatic heterocycles. The lowest BCUT2D eigenvalue weighted by molar-refractivity contribution is -0.265. The second kappa shape index (κ2) is 8.55. The maximum atomic E-state index is 14.4. The van der Waals surface area contributed by atoms with Crippen molar-refractivity contribution in [3.8, 4) is 17.0 Å². The summed E-state index contributed by atoms with van der Waals surface area (Å²) in [7, 11) is 0. The van der Waals surface area contributed by atoms with Crippen molar-refractivity contribution in [3.05, 3.63) is 83.6 Å². The molecule has 1 atom stereocenters. The Morgan fingerprint density at radius 2 is 1.89 bits per heavy atom. The summed E-state index contributed by atoms with van der Waals surface area (Å²) in [4.78, 5) is 16.9. The van der Waals surface area contributed by atoms with E-state index in [1.54, 1.807) is 26.0 Å². The van der Waals surface area contributed by atoms with E-state index in [1.165, 1.54) is 35.1 Å². The van der Waals surface area contributed by atoms with Crippen LogP contribution in [-0.2, 0) is 11.0 Å². The zero-order chi connectivity index (χ0) is 26.6. The number of carbonyl (C=O) groups is 1. The Morgan fingerprint density at radius 1 is 1.16 bits per heavy atom. The van der Waals surface area contributed by atoms with Crippen LogP contribution < -0.4 is 10.1 Å². The van der Waals surface area contributed by atoms with Gasteiger partial charge in [-0.05, 0) is 48.5 Å². The number of nitrogens with one attached hydrogen (secondary N) is 1. The Bertz CT molecular complexity index is 1500. The fourth-order valence-corrected chi connectivity index (χ4v) is 4.22. The van der Waals surface area contributed by atoms with E-state index >= 15 is 0 Å². The highest BCUT2D eigenvalue weighted by molar-refractivity contribution is 5.94. The van der Waals surface area contributed by atoms with Gasteiger partial charge in [-0.15, -0.1) is 0 Å². The molecule has 4 heterocycles. The Balaban J connectivity index is 1.56. The standard InChI is InChI=1S/C26H22F4N4O3/c1-24(2)14-37-22-19(24)11-20(33-21(22)15-3-6-17(27)7-4-15)25(36,26(28,29)30)13-31-23(35)16-5-8-18-9-10-32-34(18)12-16/h3-12,36H,13-14H2,1-2H3,(H,31,35)/t25-/m0/s1. The minimum Gasteiger partial charge on any atom is -0.490 e. The van der Waals surface area contributed by atoms with E-state index in [-0.39, 0.29) is 23.6 Å². The van der Waals surface area contributed by atoms with Crippen molar-refractivity contribution < 1.29 is 32.2 Å². The van der Waals surface area contributed by atoms with Crippen LogP contribution in [0.4, 0.5) is 17.6 Å². The number of fused-ring (bicyclic) bond motifs is 2. The molecule has 0 unspecified atom stereocenters. The smallest absolute Gasteiger partial charge is 0.424 e. The Kier molecular flexibility index (Phi) is 5.70. The van der Waals surface area contributed by atoms with E-state index in [1.807, 2.05) is 0 Å². The first-order valence-corrected chi connectivity index (χ1v) is 11.3. The van der Waals surface area contributed by atoms with Gasteiger partial charge in [-0.25, -0.2) is 13.9 Å². The summed E-state index contributed by atoms with van der Waals surface area (Å²) < 4.78 is 63.9. The molecular formula is C26H22F4N4O3. The quantitative estimate of drug-likeness (QED) is 0.386. The normalized spacial score (nSPS) is 16.2. The Labute approximate surface area is 208 Å². The zero-order valence-corrected chi connectivity index (χ0v) is 19.8. The lowest BCUT2D eigenvalue weighted by Crippen LogP contribution is -2.51. The van der Waals surface area contributed by atoms with Crippen molar-refractivity contribution in [3.63, 3.8) is 0 Å². The molecule has 0 radical (unpaired) electrons. The van der Waals surface area contributed by atoms with Gasteiger partial charge < -0.3 is 15.2 Å². The molecule has 4 aromatic rings. The van der Waals surface area contributed by atoms with Gasteiger partial charge in [0.15, 0.2) is 0 Å². The third-order valence-electron chi connectivity index (χ3n) is 6.45. The molecular weight excluding hydrogens is 492 g/mol. The van der Waals surface area contributed by atoms with Crippen LogP contribution in [0.2, 0.25) is 0 Å². The topological polar surface area (TPSA) is 88.8 Å². The van der Waals surface area contributed by atoms with Gasteiger partial charge in [0.1, 0.15) is 17.3 Å². The molecule has 1 aliphatic rings. The number of rotatable bonds is 5. The van der Waals surface area contributed by atoms with E-state index in [2.05, 4.69) is 15.4 Å². The first-order chi connectivity index (χ1) is 17.4. The number of nitrogens with zero attached hydrogens (tertiary/aromatic N) is 3. The number of aliphatic hydroxyl groups is 1. The number of ether oxygens (including phenoxy) is 1. The minimum absolute atomic E-state index is 0.0382. The molecule has 1 amide bonds. The van der Waals surface area contributed by atoms with Crippen LogP contribution in [-0.4, -0.2) is 44.9 Å². The second-order valence-electron chi connectivity index (χ2n) is 9.57. The van der Waals surface area contributed by atoms with Gasteiger partial charge in [-0.1, -0.05) is 13.8 Å². The molecule has 0 saturated heterocycles. The highest BCUT2D eigenvalue weighted by atomic mass is 19.4. The minimum atomic E-state index is -5.20. The van der Waals surface area contributed by atoms with Gasteiger partial charge in [-0.2, -0.15) is 18.3 Å². The lowest BCUT2D eigenvalue weighted by Gasteiger charge is -2.31. The van der Waals surface area contributed by atoms with Gasteiger partial charge >= 0.3 is 6.18 Å². The van der Waals surface area contributed by atoms with E-state index in [0.717, 1.165) is 18.2 Å². The van der Waals surface area contributed by atoms with Crippen LogP contribution in [0, 0.1) is 5.82 Å². The summed E-state index contributed by atoms with van der Waals surface area (Å²) in [6.07, 6.45) is -2.31. The van der Waals surface area contributed by atoms with Crippen molar-refractivity contribution in [2.75, 3.05) is 13.2 Å². The van der Waals surface area contributed by atoms with Crippen LogP contribution >= 0.6 is 0 Å². The van der Waals surface area contributed by atoms with E-state index in [0.29, 0.717) is 16.6 Å². The van der Waals surface area contributed by atoms with Crippen LogP contribution in [0.3, 0.4) is 0 Å². The summed E-state index contributed by atoms with van der Waals surface area (Å²) >= 11 is 0. The highest BCUT2D eigenvalue weighted by Crippen LogP contribution is 2.47. The Morgan fingerprint density at radius 3 is 2.59 bits per heavy atom. The van der Waals surface area contributed by atoms with Crippen LogP contribution in [0.25, 0.3) is 16.8 Å². The second-order valence-corrected chi connectivity index (χ2v) is 9.57. The van der Waals surface area contributed by atoms with Crippen LogP contribution in [0.1, 0.15) is 35.5 Å². The van der Waals surface area contributed by atoms with E-state index in [4.69, 9.17) is 4.74 Å². The van der Waals surface area contributed by atoms with Gasteiger partial charge in [0.2, 0.25) is 5.60 Å². The van der Waals surface area contributed by atoms with Gasteiger partial charge in [0.25, 0.3) is 5.91 Å². The van der Waals surface area contributed by atoms with Crippen molar-refractivity contribution in [2.45, 2.75) is 31.0 Å². The van der Waals surface area contributed by atoms with Crippen molar-refractivity contribution in [1.29, 1.82) is 0 Å². The first-order valence-electron chi connectivity index (χ1n) is 11.3. The maximum absolute atomic E-state index is 14.4. The Hall–Kier alpha value is -3.99. The van der Waals surface area contributed by atoms with Crippen molar-refractivity contribution in [1.82, 2.24) is 19.9 Å². The fourth-order valence-electron chi connectivity index (χ4n) is 4.22. The molecule has 7 nitrogen and oxygen atoms in total. The van der Waals surface area contributed by atoms with E-state index in [9.17, 15) is 27.5 Å². The summed E-state index contributed by atoms with van der Waals surface area (Å²) in [5.74, 6) is -1.09. The molecule has 37 heavy (non-hydrogen) atoms. The zero-order valence-electron chi connectivity index (χ0n) is 19.8. The van der Waals surface area contributed by atoms with Gasteiger partial charge in [0, 0.05) is 28.9 Å². The van der Waals surface area contributed by atoms with Gasteiger partial charge in [-0.3, -0.25) is 4.79 Å². The third kappa shape index (κ3) is 4.29. The van der Waals surface area contributed by atoms with Crippen molar-refractivity contribution in [2.24, 2.45) is 0 Å². The average Bonchev–Trinajstić information content (AvgIpc) is 3.45. The molecule has 3 aromatic heterocycles. The van der Waals surface area contributed by atoms with Crippen LogP contribution in [0.15, 0.2) is 60.9 Å². The first kappa shape index (κ1) is 24.7. The molecule has 2 N–H and O–H groups in total. The van der Waals surface area contributed by atoms with Crippen molar-refractivity contribution >= 4 is 11.4 Å². The number of amides is 1. The maximum Gasteiger partial charge on any atom is 0.424 e. The predicted molar refractivity (Wildman–Crippen MR) is 126 cm³/mol. The number of hydrogen-bond acceptors (Lipinski definition) is 5. The number of alkyl halides is 3. The largest absolute Gasteiger partial charge is 0.490 e. The monoisotopic (exact) mass is 514 g/mol. The highest BCUT2D eigenvalue weighted by Gasteiger charge is 2.57. The number of carbonyl (C=O) groups excluding carboxylic acids is 1. The molecule has 0 aliphatic carbocycles. The molecule has 0 saturated carbocycles. The molecule has 0 bridgehead atoms. The number of halogens is 4. The summed E-state index contributed by atoms with van der Waals surface area (Å²) in [6.45, 7) is 2.56. The van der Waals surface area contributed by atoms with E-state index < -0.39 is 41.2 Å². The van der Waals surface area contributed by atoms with Gasteiger partial charge in [0.05, 0.1) is 29.9 Å².